The van der Waals surface area contributed by atoms with E-state index < -0.39 is 28.5 Å². The lowest BCUT2D eigenvalue weighted by atomic mass is 10.1. The fourth-order valence-electron chi connectivity index (χ4n) is 4.11. The van der Waals surface area contributed by atoms with Crippen LogP contribution in [-0.4, -0.2) is 50.9 Å². The number of anilines is 1. The summed E-state index contributed by atoms with van der Waals surface area (Å²) in [5.41, 5.74) is 0.674. The van der Waals surface area contributed by atoms with Gasteiger partial charge in [-0.1, -0.05) is 54.2 Å². The highest BCUT2D eigenvalue weighted by atomic mass is 35.5. The molecule has 0 spiro atoms. The van der Waals surface area contributed by atoms with Crippen LogP contribution in [0.4, 0.5) is 5.69 Å². The maximum Gasteiger partial charge on any atom is 0.264 e. The SMILES string of the molecule is CCCCNC(=O)[C@H](C)N(Cc1c(Cl)cccc1Cl)C(=O)CN(c1ccc(OCC)cc1)S(=O)(=O)c1ccc(Cl)cc1. The van der Waals surface area contributed by atoms with Gasteiger partial charge in [-0.25, -0.2) is 8.42 Å². The predicted octanol–water partition coefficient (Wildman–Crippen LogP) is 6.57. The van der Waals surface area contributed by atoms with E-state index in [1.54, 1.807) is 49.4 Å². The first-order valence-corrected chi connectivity index (χ1v) is 16.1. The third-order valence-electron chi connectivity index (χ3n) is 6.50. The van der Waals surface area contributed by atoms with Crippen LogP contribution in [0.25, 0.3) is 0 Å². The topological polar surface area (TPSA) is 96.0 Å². The second kappa shape index (κ2) is 15.5. The van der Waals surface area contributed by atoms with Crippen molar-refractivity contribution in [1.82, 2.24) is 10.2 Å². The van der Waals surface area contributed by atoms with E-state index in [4.69, 9.17) is 39.5 Å². The number of benzene rings is 3. The van der Waals surface area contributed by atoms with Crippen LogP contribution in [0.3, 0.4) is 0 Å². The molecule has 42 heavy (non-hydrogen) atoms. The van der Waals surface area contributed by atoms with E-state index in [2.05, 4.69) is 5.32 Å². The molecule has 0 aliphatic rings. The summed E-state index contributed by atoms with van der Waals surface area (Å²) in [6.45, 7) is 5.58. The molecule has 0 radical (unpaired) electrons. The van der Waals surface area contributed by atoms with Crippen molar-refractivity contribution in [3.8, 4) is 5.75 Å². The Balaban J connectivity index is 2.04. The number of hydrogen-bond donors (Lipinski definition) is 1. The molecule has 0 aromatic heterocycles. The highest BCUT2D eigenvalue weighted by Gasteiger charge is 2.33. The lowest BCUT2D eigenvalue weighted by Gasteiger charge is -2.32. The molecular formula is C30H34Cl3N3O5S. The number of carbonyl (C=O) groups excluding carboxylic acids is 2. The van der Waals surface area contributed by atoms with Gasteiger partial charge in [0.15, 0.2) is 0 Å². The van der Waals surface area contributed by atoms with Crippen molar-refractivity contribution < 1.29 is 22.7 Å². The number of halogens is 3. The smallest absolute Gasteiger partial charge is 0.264 e. The zero-order chi connectivity index (χ0) is 30.9. The van der Waals surface area contributed by atoms with E-state index in [0.29, 0.717) is 39.5 Å². The lowest BCUT2D eigenvalue weighted by molar-refractivity contribution is -0.139. The highest BCUT2D eigenvalue weighted by Crippen LogP contribution is 2.29. The quantitative estimate of drug-likeness (QED) is 0.198. The average Bonchev–Trinajstić information content (AvgIpc) is 2.96. The molecule has 226 valence electrons. The van der Waals surface area contributed by atoms with Crippen LogP contribution < -0.4 is 14.4 Å². The zero-order valence-corrected chi connectivity index (χ0v) is 26.7. The number of amides is 2. The summed E-state index contributed by atoms with van der Waals surface area (Å²) in [5.74, 6) is -0.465. The molecule has 2 amide bonds. The van der Waals surface area contributed by atoms with Crippen LogP contribution in [0.2, 0.25) is 15.1 Å². The van der Waals surface area contributed by atoms with Crippen LogP contribution in [-0.2, 0) is 26.2 Å². The lowest BCUT2D eigenvalue weighted by Crippen LogP contribution is -2.51. The molecule has 0 aliphatic heterocycles. The van der Waals surface area contributed by atoms with Gasteiger partial charge in [0.1, 0.15) is 18.3 Å². The number of nitrogens with one attached hydrogen (secondary N) is 1. The van der Waals surface area contributed by atoms with Crippen molar-refractivity contribution in [1.29, 1.82) is 0 Å². The fraction of sp³-hybridized carbons (Fsp3) is 0.333. The number of ether oxygens (including phenoxy) is 1. The standard InChI is InChI=1S/C30H34Cl3N3O5S/c1-4-6-18-34-30(38)21(3)35(19-26-27(32)8-7-9-28(26)33)29(37)20-36(23-12-14-24(15-13-23)41-5-2)42(39,40)25-16-10-22(31)11-17-25/h7-17,21H,4-6,18-20H2,1-3H3,(H,34,38)/t21-/m0/s1. The first-order valence-electron chi connectivity index (χ1n) is 13.5. The summed E-state index contributed by atoms with van der Waals surface area (Å²) in [6.07, 6.45) is 1.65. The van der Waals surface area contributed by atoms with Crippen LogP contribution in [0.1, 0.15) is 39.2 Å². The summed E-state index contributed by atoms with van der Waals surface area (Å²) < 4.78 is 34.3. The summed E-state index contributed by atoms with van der Waals surface area (Å²) in [7, 11) is -4.24. The zero-order valence-electron chi connectivity index (χ0n) is 23.6. The van der Waals surface area contributed by atoms with Gasteiger partial charge in [0.25, 0.3) is 10.0 Å². The molecule has 1 atom stereocenters. The Bertz CT molecular complexity index is 1450. The monoisotopic (exact) mass is 653 g/mol. The largest absolute Gasteiger partial charge is 0.494 e. The average molecular weight is 655 g/mol. The van der Waals surface area contributed by atoms with E-state index in [9.17, 15) is 18.0 Å². The summed E-state index contributed by atoms with van der Waals surface area (Å²) in [6, 6.07) is 16.0. The first kappa shape index (κ1) is 33.5. The molecule has 0 fully saturated rings. The van der Waals surface area contributed by atoms with Crippen LogP contribution >= 0.6 is 34.8 Å². The van der Waals surface area contributed by atoms with Crippen molar-refractivity contribution in [2.24, 2.45) is 0 Å². The minimum absolute atomic E-state index is 0.0559. The van der Waals surface area contributed by atoms with Gasteiger partial charge >= 0.3 is 0 Å². The van der Waals surface area contributed by atoms with Crippen molar-refractivity contribution in [2.75, 3.05) is 24.0 Å². The van der Waals surface area contributed by atoms with Gasteiger partial charge in [-0.3, -0.25) is 13.9 Å². The molecule has 0 saturated carbocycles. The van der Waals surface area contributed by atoms with E-state index in [0.717, 1.165) is 17.1 Å². The minimum Gasteiger partial charge on any atom is -0.494 e. The van der Waals surface area contributed by atoms with Gasteiger partial charge in [-0.2, -0.15) is 0 Å². The Labute approximate surface area is 262 Å². The maximum atomic E-state index is 14.0. The van der Waals surface area contributed by atoms with E-state index in [1.165, 1.54) is 29.2 Å². The number of hydrogen-bond acceptors (Lipinski definition) is 5. The van der Waals surface area contributed by atoms with Gasteiger partial charge in [-0.15, -0.1) is 0 Å². The van der Waals surface area contributed by atoms with Crippen molar-refractivity contribution in [2.45, 2.75) is 51.1 Å². The molecule has 3 aromatic rings. The molecule has 0 saturated heterocycles. The van der Waals surface area contributed by atoms with Gasteiger partial charge < -0.3 is 15.0 Å². The third kappa shape index (κ3) is 8.53. The van der Waals surface area contributed by atoms with E-state index >= 15 is 0 Å². The number of rotatable bonds is 14. The molecule has 0 bridgehead atoms. The molecule has 12 heteroatoms. The van der Waals surface area contributed by atoms with Crippen molar-refractivity contribution in [3.63, 3.8) is 0 Å². The highest BCUT2D eigenvalue weighted by molar-refractivity contribution is 7.92. The van der Waals surface area contributed by atoms with Gasteiger partial charge in [-0.05, 0) is 80.9 Å². The van der Waals surface area contributed by atoms with E-state index in [1.807, 2.05) is 13.8 Å². The number of nitrogens with zero attached hydrogens (tertiary/aromatic N) is 2. The van der Waals surface area contributed by atoms with Gasteiger partial charge in [0.2, 0.25) is 11.8 Å². The fourth-order valence-corrected chi connectivity index (χ4v) is 6.17. The molecule has 1 N–H and O–H groups in total. The first-order chi connectivity index (χ1) is 20.0. The number of unbranched alkanes of at least 4 members (excludes halogenated alkanes) is 1. The van der Waals surface area contributed by atoms with E-state index in [-0.39, 0.29) is 23.0 Å². The molecular weight excluding hydrogens is 621 g/mol. The molecule has 8 nitrogen and oxygen atoms in total. The summed E-state index contributed by atoms with van der Waals surface area (Å²) in [5, 5.41) is 3.84. The predicted molar refractivity (Wildman–Crippen MR) is 168 cm³/mol. The summed E-state index contributed by atoms with van der Waals surface area (Å²) in [4.78, 5) is 28.4. The molecule has 3 aromatic carbocycles. The van der Waals surface area contributed by atoms with Crippen molar-refractivity contribution >= 4 is 62.3 Å². The third-order valence-corrected chi connectivity index (χ3v) is 9.25. The Morgan fingerprint density at radius 2 is 1.55 bits per heavy atom. The number of carbonyl (C=O) groups is 2. The Morgan fingerprint density at radius 3 is 2.12 bits per heavy atom. The maximum absolute atomic E-state index is 14.0. The Kier molecular flexibility index (Phi) is 12.4. The molecule has 3 rings (SSSR count). The molecule has 0 unspecified atom stereocenters. The molecule has 0 heterocycles. The second-order valence-electron chi connectivity index (χ2n) is 9.43. The van der Waals surface area contributed by atoms with Crippen LogP contribution in [0.5, 0.6) is 5.75 Å². The minimum atomic E-state index is -4.24. The second-order valence-corrected chi connectivity index (χ2v) is 12.5. The van der Waals surface area contributed by atoms with Crippen molar-refractivity contribution in [3.05, 3.63) is 87.4 Å². The van der Waals surface area contributed by atoms with Crippen LogP contribution in [0, 0.1) is 0 Å². The summed E-state index contributed by atoms with van der Waals surface area (Å²) >= 11 is 18.8. The number of sulfonamides is 1. The van der Waals surface area contributed by atoms with Gasteiger partial charge in [0.05, 0.1) is 17.2 Å². The Morgan fingerprint density at radius 1 is 0.929 bits per heavy atom. The van der Waals surface area contributed by atoms with Crippen LogP contribution in [0.15, 0.2) is 71.6 Å². The Hall–Kier alpha value is -2.98. The normalized spacial score (nSPS) is 12.0. The van der Waals surface area contributed by atoms with Gasteiger partial charge in [0, 0.05) is 33.7 Å². The molecule has 0 aliphatic carbocycles.